The lowest BCUT2D eigenvalue weighted by Gasteiger charge is -2.41. The molecule has 174 valence electrons. The minimum Gasteiger partial charge on any atom is -0.507 e. The first kappa shape index (κ1) is 21.3. The Morgan fingerprint density at radius 1 is 1.03 bits per heavy atom. The lowest BCUT2D eigenvalue weighted by molar-refractivity contribution is 0.213. The van der Waals surface area contributed by atoms with Crippen molar-refractivity contribution < 1.29 is 5.11 Å². The zero-order chi connectivity index (χ0) is 23.2. The molecule has 2 aliphatic heterocycles. The van der Waals surface area contributed by atoms with E-state index in [0.29, 0.717) is 29.3 Å². The smallest absolute Gasteiger partial charge is 0.250 e. The lowest BCUT2D eigenvalue weighted by Crippen LogP contribution is -2.48. The van der Waals surface area contributed by atoms with E-state index in [4.69, 9.17) is 5.10 Å². The minimum absolute atomic E-state index is 0.0807. The van der Waals surface area contributed by atoms with Gasteiger partial charge in [0.05, 0.1) is 11.4 Å². The number of aromatic hydroxyl groups is 1. The topological polar surface area (TPSA) is 80.0 Å². The number of rotatable bonds is 3. The van der Waals surface area contributed by atoms with Crippen LogP contribution in [0.4, 0.5) is 0 Å². The van der Waals surface area contributed by atoms with Gasteiger partial charge in [-0.2, -0.15) is 0 Å². The second-order valence-electron chi connectivity index (χ2n) is 10.1. The van der Waals surface area contributed by atoms with Gasteiger partial charge in [-0.1, -0.05) is 18.6 Å². The van der Waals surface area contributed by atoms with Crippen LogP contribution in [0.3, 0.4) is 0 Å². The number of nitrogens with zero attached hydrogens (tertiary/aromatic N) is 3. The molecule has 1 aromatic carbocycles. The molecule has 0 radical (unpaired) electrons. The van der Waals surface area contributed by atoms with Gasteiger partial charge in [0.1, 0.15) is 5.75 Å². The fourth-order valence-electron chi connectivity index (χ4n) is 6.01. The van der Waals surface area contributed by atoms with Gasteiger partial charge in [-0.3, -0.25) is 4.79 Å². The number of hydrogen-bond donors (Lipinski definition) is 2. The Morgan fingerprint density at radius 3 is 2.59 bits per heavy atom. The number of pyridine rings is 1. The monoisotopic (exact) mass is 454 g/mol. The fraction of sp³-hybridized carbons (Fsp3) is 0.393. The molecule has 0 unspecified atom stereocenters. The number of phenols is 1. The molecular formula is C28H30N4O2. The molecule has 4 heterocycles. The van der Waals surface area contributed by atoms with Crippen LogP contribution < -0.4 is 10.9 Å². The molecular weight excluding hydrogens is 424 g/mol. The van der Waals surface area contributed by atoms with Crippen molar-refractivity contribution in [1.29, 1.82) is 0 Å². The average Bonchev–Trinajstić information content (AvgIpc) is 2.84. The molecule has 6 heteroatoms. The zero-order valence-electron chi connectivity index (χ0n) is 19.5. The van der Waals surface area contributed by atoms with E-state index in [1.807, 2.05) is 18.2 Å². The van der Waals surface area contributed by atoms with Gasteiger partial charge in [0.15, 0.2) is 0 Å². The average molecular weight is 455 g/mol. The number of allylic oxidation sites excluding steroid dienone is 2. The summed E-state index contributed by atoms with van der Waals surface area (Å²) in [6, 6.07) is 12.3. The van der Waals surface area contributed by atoms with Crippen molar-refractivity contribution in [2.24, 2.45) is 13.0 Å². The maximum absolute atomic E-state index is 12.0. The highest BCUT2D eigenvalue weighted by atomic mass is 16.3. The first-order valence-electron chi connectivity index (χ1n) is 12.4. The van der Waals surface area contributed by atoms with Crippen LogP contribution >= 0.6 is 0 Å². The highest BCUT2D eigenvalue weighted by Crippen LogP contribution is 2.41. The molecule has 2 aromatic heterocycles. The predicted octanol–water partition coefficient (Wildman–Crippen LogP) is 4.47. The molecule has 2 bridgehead atoms. The van der Waals surface area contributed by atoms with E-state index >= 15 is 0 Å². The Labute approximate surface area is 199 Å². The van der Waals surface area contributed by atoms with Crippen molar-refractivity contribution in [2.75, 3.05) is 0 Å². The van der Waals surface area contributed by atoms with Crippen LogP contribution in [0.2, 0.25) is 0 Å². The summed E-state index contributed by atoms with van der Waals surface area (Å²) in [6.45, 7) is 0. The summed E-state index contributed by atoms with van der Waals surface area (Å²) in [6.07, 6.45) is 12.4. The summed E-state index contributed by atoms with van der Waals surface area (Å²) >= 11 is 0. The number of fused-ring (bicyclic) bond motifs is 3. The Balaban J connectivity index is 1.29. The molecule has 2 saturated heterocycles. The molecule has 1 aliphatic carbocycles. The third kappa shape index (κ3) is 3.86. The molecule has 0 spiro atoms. The summed E-state index contributed by atoms with van der Waals surface area (Å²) < 4.78 is 1.53. The summed E-state index contributed by atoms with van der Waals surface area (Å²) in [5.74, 6) is 0.701. The highest BCUT2D eigenvalue weighted by molar-refractivity contribution is 5.76. The van der Waals surface area contributed by atoms with Gasteiger partial charge in [-0.15, -0.1) is 10.2 Å². The first-order valence-corrected chi connectivity index (χ1v) is 12.4. The number of phenolic OH excluding ortho intramolecular Hbond substituents is 1. The van der Waals surface area contributed by atoms with E-state index in [0.717, 1.165) is 29.7 Å². The van der Waals surface area contributed by atoms with Crippen LogP contribution in [0.5, 0.6) is 5.75 Å². The number of aryl methyl sites for hydroxylation is 2. The summed E-state index contributed by atoms with van der Waals surface area (Å²) in [5, 5.41) is 23.9. The van der Waals surface area contributed by atoms with E-state index in [1.165, 1.54) is 47.8 Å². The Morgan fingerprint density at radius 2 is 1.82 bits per heavy atom. The highest BCUT2D eigenvalue weighted by Gasteiger charge is 2.34. The summed E-state index contributed by atoms with van der Waals surface area (Å²) in [4.78, 5) is 12.0. The van der Waals surface area contributed by atoms with Gasteiger partial charge in [-0.05, 0) is 91.0 Å². The fourth-order valence-corrected chi connectivity index (χ4v) is 6.01. The Kier molecular flexibility index (Phi) is 5.33. The third-order valence-electron chi connectivity index (χ3n) is 7.79. The van der Waals surface area contributed by atoms with Gasteiger partial charge < -0.3 is 15.0 Å². The normalized spacial score (nSPS) is 23.8. The van der Waals surface area contributed by atoms with Crippen LogP contribution in [0, 0.1) is 5.92 Å². The molecule has 0 saturated carbocycles. The van der Waals surface area contributed by atoms with Crippen molar-refractivity contribution in [3.05, 3.63) is 70.3 Å². The van der Waals surface area contributed by atoms with Gasteiger partial charge in [0.25, 0.3) is 5.56 Å². The SMILES string of the molecule is Cn1ccc(-c2ccc(-c3cc4c(nn3)C([C@@H]3C[C@H]5CCC[C@@H](C3)N5)=CCC4)c(O)c2)cc1=O. The van der Waals surface area contributed by atoms with Gasteiger partial charge in [0.2, 0.25) is 0 Å². The maximum Gasteiger partial charge on any atom is 0.250 e. The Hall–Kier alpha value is -3.25. The van der Waals surface area contributed by atoms with Crippen molar-refractivity contribution in [2.45, 2.75) is 57.0 Å². The number of piperidine rings is 2. The van der Waals surface area contributed by atoms with E-state index < -0.39 is 0 Å². The molecule has 6 rings (SSSR count). The largest absolute Gasteiger partial charge is 0.507 e. The molecule has 6 nitrogen and oxygen atoms in total. The summed E-state index contributed by atoms with van der Waals surface area (Å²) in [5.41, 5.74) is 6.50. The first-order chi connectivity index (χ1) is 16.5. The maximum atomic E-state index is 12.0. The zero-order valence-corrected chi connectivity index (χ0v) is 19.5. The predicted molar refractivity (Wildman–Crippen MR) is 133 cm³/mol. The molecule has 3 atom stereocenters. The van der Waals surface area contributed by atoms with Gasteiger partial charge >= 0.3 is 0 Å². The van der Waals surface area contributed by atoms with Crippen LogP contribution in [0.15, 0.2) is 53.5 Å². The molecule has 0 amide bonds. The van der Waals surface area contributed by atoms with Crippen molar-refractivity contribution >= 4 is 5.57 Å². The van der Waals surface area contributed by atoms with E-state index in [1.54, 1.807) is 25.4 Å². The van der Waals surface area contributed by atoms with Crippen LogP contribution in [-0.4, -0.2) is 32.0 Å². The van der Waals surface area contributed by atoms with E-state index in [9.17, 15) is 9.90 Å². The standard InChI is InChI=1S/C28H30N4O2/c1-32-11-10-18(16-27(32)34)17-8-9-24(26(33)15-17)25-14-19-4-2-7-23(28(19)31-30-25)20-12-21-5-3-6-22(13-20)29-21/h7-11,14-16,20-22,29,33H,2-6,12-13H2,1H3/t20-,21-,22+. The molecule has 3 aromatic rings. The molecule has 2 fully saturated rings. The van der Waals surface area contributed by atoms with Crippen LogP contribution in [0.25, 0.3) is 28.0 Å². The molecule has 2 N–H and O–H groups in total. The number of benzene rings is 1. The minimum atomic E-state index is -0.0807. The molecule has 34 heavy (non-hydrogen) atoms. The quantitative estimate of drug-likeness (QED) is 0.611. The lowest BCUT2D eigenvalue weighted by atomic mass is 9.74. The summed E-state index contributed by atoms with van der Waals surface area (Å²) in [7, 11) is 1.72. The Bertz CT molecular complexity index is 1330. The third-order valence-corrected chi connectivity index (χ3v) is 7.79. The number of aromatic nitrogens is 3. The van der Waals surface area contributed by atoms with Crippen molar-refractivity contribution in [1.82, 2.24) is 20.1 Å². The van der Waals surface area contributed by atoms with E-state index in [-0.39, 0.29) is 11.3 Å². The van der Waals surface area contributed by atoms with Crippen molar-refractivity contribution in [3.8, 4) is 28.1 Å². The number of nitrogens with one attached hydrogen (secondary N) is 1. The number of hydrogen-bond acceptors (Lipinski definition) is 5. The van der Waals surface area contributed by atoms with Gasteiger partial charge in [0, 0.05) is 37.0 Å². The second-order valence-corrected chi connectivity index (χ2v) is 10.1. The second kappa shape index (κ2) is 8.51. The van der Waals surface area contributed by atoms with Crippen molar-refractivity contribution in [3.63, 3.8) is 0 Å². The van der Waals surface area contributed by atoms with Crippen LogP contribution in [-0.2, 0) is 13.5 Å². The van der Waals surface area contributed by atoms with E-state index in [2.05, 4.69) is 22.6 Å². The van der Waals surface area contributed by atoms with Gasteiger partial charge in [-0.25, -0.2) is 0 Å². The molecule has 3 aliphatic rings. The van der Waals surface area contributed by atoms with Crippen LogP contribution in [0.1, 0.15) is 49.8 Å².